The third-order valence-electron chi connectivity index (χ3n) is 3.99. The number of amides is 1. The highest BCUT2D eigenvalue weighted by Gasteiger charge is 2.33. The van der Waals surface area contributed by atoms with Crippen molar-refractivity contribution in [3.8, 4) is 0 Å². The minimum absolute atomic E-state index is 0.0944. The van der Waals surface area contributed by atoms with Crippen LogP contribution in [-0.2, 0) is 14.8 Å². The molecule has 0 spiro atoms. The average Bonchev–Trinajstić information content (AvgIpc) is 2.79. The molecule has 0 unspecified atom stereocenters. The second kappa shape index (κ2) is 6.27. The number of anilines is 1. The summed E-state index contributed by atoms with van der Waals surface area (Å²) in [6, 6.07) is 11.8. The number of hydrogen-bond donors (Lipinski definition) is 0. The van der Waals surface area contributed by atoms with Crippen LogP contribution in [0.4, 0.5) is 5.69 Å². The second-order valence-electron chi connectivity index (χ2n) is 5.73. The van der Waals surface area contributed by atoms with E-state index in [0.29, 0.717) is 11.3 Å². The molecule has 0 saturated carbocycles. The quantitative estimate of drug-likeness (QED) is 0.715. The van der Waals surface area contributed by atoms with Crippen molar-refractivity contribution in [3.05, 3.63) is 58.1 Å². The number of carbonyl (C=O) groups is 1. The fourth-order valence-electron chi connectivity index (χ4n) is 2.53. The predicted octanol–water partition coefficient (Wildman–Crippen LogP) is 2.76. The van der Waals surface area contributed by atoms with Crippen LogP contribution < -0.4 is 4.90 Å². The molecule has 0 radical (unpaired) electrons. The lowest BCUT2D eigenvalue weighted by Gasteiger charge is -2.15. The molecular formula is C17H16BrN3O3S. The number of sulfonamides is 1. The Morgan fingerprint density at radius 3 is 2.40 bits per heavy atom. The molecule has 1 amide bonds. The number of hydrogen-bond acceptors (Lipinski definition) is 4. The summed E-state index contributed by atoms with van der Waals surface area (Å²) in [5.41, 5.74) is 2.33. The Morgan fingerprint density at radius 2 is 1.76 bits per heavy atom. The summed E-state index contributed by atoms with van der Waals surface area (Å²) >= 11 is 3.36. The second-order valence-corrected chi connectivity index (χ2v) is 8.59. The van der Waals surface area contributed by atoms with Gasteiger partial charge < -0.3 is 4.90 Å². The van der Waals surface area contributed by atoms with Gasteiger partial charge in [-0.1, -0.05) is 33.6 Å². The summed E-state index contributed by atoms with van der Waals surface area (Å²) in [7, 11) is -0.878. The zero-order chi connectivity index (χ0) is 18.4. The number of halogens is 1. The smallest absolute Gasteiger partial charge is 0.279 e. The molecule has 25 heavy (non-hydrogen) atoms. The predicted molar refractivity (Wildman–Crippen MR) is 100 cm³/mol. The number of carbonyl (C=O) groups excluding carboxylic acids is 1. The standard InChI is InChI=1S/C17H16BrN3O3S/c1-11-4-7-13(8-5-11)25(23,24)21(3)19-16-14-10-12(18)6-9-15(14)20(2)17(16)22/h4-10H,1-3H3. The first-order chi connectivity index (χ1) is 11.7. The summed E-state index contributed by atoms with van der Waals surface area (Å²) in [6.07, 6.45) is 0. The molecule has 2 aromatic rings. The van der Waals surface area contributed by atoms with Crippen LogP contribution in [-0.4, -0.2) is 38.5 Å². The van der Waals surface area contributed by atoms with Crippen molar-refractivity contribution in [1.29, 1.82) is 0 Å². The molecule has 1 aliphatic heterocycles. The summed E-state index contributed by atoms with van der Waals surface area (Å²) in [5.74, 6) is -0.348. The van der Waals surface area contributed by atoms with Gasteiger partial charge in [-0.05, 0) is 37.3 Å². The average molecular weight is 422 g/mol. The molecule has 0 saturated heterocycles. The van der Waals surface area contributed by atoms with Crippen LogP contribution in [0.1, 0.15) is 11.1 Å². The highest BCUT2D eigenvalue weighted by Crippen LogP contribution is 2.31. The molecule has 130 valence electrons. The van der Waals surface area contributed by atoms with Crippen molar-refractivity contribution in [2.45, 2.75) is 11.8 Å². The lowest BCUT2D eigenvalue weighted by molar-refractivity contribution is -0.112. The molecule has 1 heterocycles. The third-order valence-corrected chi connectivity index (χ3v) is 6.13. The molecule has 0 bridgehead atoms. The van der Waals surface area contributed by atoms with E-state index in [2.05, 4.69) is 21.0 Å². The molecular weight excluding hydrogens is 406 g/mol. The van der Waals surface area contributed by atoms with Crippen molar-refractivity contribution < 1.29 is 13.2 Å². The third kappa shape index (κ3) is 3.07. The van der Waals surface area contributed by atoms with E-state index in [9.17, 15) is 13.2 Å². The van der Waals surface area contributed by atoms with Crippen LogP contribution in [0.3, 0.4) is 0 Å². The first kappa shape index (κ1) is 17.6. The van der Waals surface area contributed by atoms with Crippen LogP contribution in [0.5, 0.6) is 0 Å². The molecule has 0 atom stereocenters. The van der Waals surface area contributed by atoms with E-state index in [1.54, 1.807) is 31.3 Å². The zero-order valence-electron chi connectivity index (χ0n) is 13.9. The Kier molecular flexibility index (Phi) is 4.42. The lowest BCUT2D eigenvalue weighted by atomic mass is 10.1. The minimum Gasteiger partial charge on any atom is -0.309 e. The molecule has 0 aromatic heterocycles. The van der Waals surface area contributed by atoms with Gasteiger partial charge in [-0.25, -0.2) is 0 Å². The van der Waals surface area contributed by atoms with Crippen LogP contribution >= 0.6 is 15.9 Å². The summed E-state index contributed by atoms with van der Waals surface area (Å²) < 4.78 is 27.0. The van der Waals surface area contributed by atoms with E-state index in [4.69, 9.17) is 0 Å². The number of benzene rings is 2. The van der Waals surface area contributed by atoms with Crippen molar-refractivity contribution in [2.24, 2.45) is 5.10 Å². The Labute approximate surface area is 154 Å². The van der Waals surface area contributed by atoms with E-state index in [-0.39, 0.29) is 16.5 Å². The number of aryl methyl sites for hydroxylation is 1. The van der Waals surface area contributed by atoms with Crippen molar-refractivity contribution >= 4 is 43.3 Å². The Hall–Kier alpha value is -2.19. The maximum atomic E-state index is 12.7. The monoisotopic (exact) mass is 421 g/mol. The first-order valence-corrected chi connectivity index (χ1v) is 9.67. The Balaban J connectivity index is 2.04. The molecule has 6 nitrogen and oxygen atoms in total. The first-order valence-electron chi connectivity index (χ1n) is 7.44. The van der Waals surface area contributed by atoms with Gasteiger partial charge in [0.15, 0.2) is 5.71 Å². The van der Waals surface area contributed by atoms with Crippen LogP contribution in [0.25, 0.3) is 0 Å². The van der Waals surface area contributed by atoms with E-state index < -0.39 is 10.0 Å². The fourth-order valence-corrected chi connectivity index (χ4v) is 3.86. The number of fused-ring (bicyclic) bond motifs is 1. The van der Waals surface area contributed by atoms with E-state index in [1.165, 1.54) is 24.1 Å². The number of likely N-dealkylation sites (N-methyl/N-ethyl adjacent to an activating group) is 1. The molecule has 0 aliphatic carbocycles. The Bertz CT molecular complexity index is 985. The van der Waals surface area contributed by atoms with Gasteiger partial charge in [0, 0.05) is 24.1 Å². The van der Waals surface area contributed by atoms with Gasteiger partial charge in [0.25, 0.3) is 15.9 Å². The Morgan fingerprint density at radius 1 is 1.12 bits per heavy atom. The molecule has 0 N–H and O–H groups in total. The van der Waals surface area contributed by atoms with Crippen molar-refractivity contribution in [1.82, 2.24) is 4.41 Å². The maximum Gasteiger partial charge on any atom is 0.279 e. The van der Waals surface area contributed by atoms with E-state index in [1.807, 2.05) is 13.0 Å². The van der Waals surface area contributed by atoms with Crippen LogP contribution in [0, 0.1) is 6.92 Å². The van der Waals surface area contributed by atoms with Gasteiger partial charge >= 0.3 is 0 Å². The van der Waals surface area contributed by atoms with Gasteiger partial charge in [-0.15, -0.1) is 0 Å². The van der Waals surface area contributed by atoms with Gasteiger partial charge in [-0.2, -0.15) is 17.9 Å². The lowest BCUT2D eigenvalue weighted by Crippen LogP contribution is -2.29. The molecule has 1 aliphatic rings. The van der Waals surface area contributed by atoms with Gasteiger partial charge in [0.2, 0.25) is 0 Å². The largest absolute Gasteiger partial charge is 0.309 e. The molecule has 8 heteroatoms. The topological polar surface area (TPSA) is 70.0 Å². The molecule has 2 aromatic carbocycles. The van der Waals surface area contributed by atoms with E-state index >= 15 is 0 Å². The number of rotatable bonds is 3. The van der Waals surface area contributed by atoms with Crippen molar-refractivity contribution in [2.75, 3.05) is 19.0 Å². The molecule has 0 fully saturated rings. The van der Waals surface area contributed by atoms with Gasteiger partial charge in [0.05, 0.1) is 10.6 Å². The SMILES string of the molecule is Cc1ccc(S(=O)(=O)N(C)N=C2C(=O)N(C)c3ccc(Br)cc32)cc1. The number of hydrazone groups is 1. The number of nitrogens with zero attached hydrogens (tertiary/aromatic N) is 3. The summed E-state index contributed by atoms with van der Waals surface area (Å²) in [4.78, 5) is 14.1. The van der Waals surface area contributed by atoms with Crippen LogP contribution in [0.2, 0.25) is 0 Å². The highest BCUT2D eigenvalue weighted by atomic mass is 79.9. The maximum absolute atomic E-state index is 12.7. The molecule has 3 rings (SSSR count). The minimum atomic E-state index is -3.83. The van der Waals surface area contributed by atoms with Gasteiger partial charge in [0.1, 0.15) is 0 Å². The normalized spacial score (nSPS) is 15.6. The fraction of sp³-hybridized carbons (Fsp3) is 0.176. The summed E-state index contributed by atoms with van der Waals surface area (Å²) in [5, 5.41) is 4.11. The van der Waals surface area contributed by atoms with Crippen molar-refractivity contribution in [3.63, 3.8) is 0 Å². The zero-order valence-corrected chi connectivity index (χ0v) is 16.3. The van der Waals surface area contributed by atoms with Crippen LogP contribution in [0.15, 0.2) is 56.9 Å². The van der Waals surface area contributed by atoms with Gasteiger partial charge in [-0.3, -0.25) is 4.79 Å². The highest BCUT2D eigenvalue weighted by molar-refractivity contribution is 9.10. The van der Waals surface area contributed by atoms with E-state index in [0.717, 1.165) is 14.5 Å². The summed E-state index contributed by atoms with van der Waals surface area (Å²) in [6.45, 7) is 1.88.